The lowest BCUT2D eigenvalue weighted by Crippen LogP contribution is -2.22. The van der Waals surface area contributed by atoms with E-state index in [1.807, 2.05) is 31.2 Å². The molecule has 1 fully saturated rings. The number of nitrogens with two attached hydrogens (primary N) is 1. The smallest absolute Gasteiger partial charge is 0.326 e. The normalized spacial score (nSPS) is 14.6. The Balaban J connectivity index is 1.71. The number of carbonyl (C=O) groups is 2. The largest absolute Gasteiger partial charge is 0.380 e. The summed E-state index contributed by atoms with van der Waals surface area (Å²) < 4.78 is 6.90. The highest BCUT2D eigenvalue weighted by Gasteiger charge is 2.24. The SMILES string of the molecule is CCOCCNc1nc(Nc2cccc(CN)c2)nc2c(/C=C3\NC(=O)NC3=O)cnn12. The summed E-state index contributed by atoms with van der Waals surface area (Å²) in [7, 11) is 0. The van der Waals surface area contributed by atoms with Gasteiger partial charge in [-0.1, -0.05) is 12.1 Å². The maximum absolute atomic E-state index is 11.9. The molecule has 1 aromatic carbocycles. The van der Waals surface area contributed by atoms with Crippen molar-refractivity contribution in [3.8, 4) is 0 Å². The molecule has 0 unspecified atom stereocenters. The van der Waals surface area contributed by atoms with Gasteiger partial charge in [0, 0.05) is 30.9 Å². The van der Waals surface area contributed by atoms with Crippen molar-refractivity contribution in [2.24, 2.45) is 5.73 Å². The van der Waals surface area contributed by atoms with E-state index >= 15 is 0 Å². The number of anilines is 3. The number of urea groups is 1. The molecule has 0 atom stereocenters. The monoisotopic (exact) mass is 437 g/mol. The zero-order valence-corrected chi connectivity index (χ0v) is 17.4. The number of amides is 3. The summed E-state index contributed by atoms with van der Waals surface area (Å²) in [5.74, 6) is 0.248. The fourth-order valence-corrected chi connectivity index (χ4v) is 3.09. The average Bonchev–Trinajstić information content (AvgIpc) is 3.33. The van der Waals surface area contributed by atoms with Gasteiger partial charge in [-0.05, 0) is 30.7 Å². The third-order valence-corrected chi connectivity index (χ3v) is 4.57. The molecule has 0 saturated carbocycles. The van der Waals surface area contributed by atoms with Crippen LogP contribution in [-0.2, 0) is 16.1 Å². The Morgan fingerprint density at radius 3 is 2.88 bits per heavy atom. The second-order valence-electron chi connectivity index (χ2n) is 6.83. The lowest BCUT2D eigenvalue weighted by molar-refractivity contribution is -0.115. The summed E-state index contributed by atoms with van der Waals surface area (Å²) >= 11 is 0. The number of hydrogen-bond donors (Lipinski definition) is 5. The van der Waals surface area contributed by atoms with Crippen molar-refractivity contribution >= 4 is 41.2 Å². The molecule has 166 valence electrons. The van der Waals surface area contributed by atoms with E-state index in [2.05, 4.69) is 36.3 Å². The second kappa shape index (κ2) is 9.41. The highest BCUT2D eigenvalue weighted by molar-refractivity contribution is 6.14. The van der Waals surface area contributed by atoms with Gasteiger partial charge in [-0.3, -0.25) is 10.1 Å². The topological polar surface area (TPSA) is 161 Å². The van der Waals surface area contributed by atoms with Crippen LogP contribution in [0.5, 0.6) is 0 Å². The third kappa shape index (κ3) is 4.66. The summed E-state index contributed by atoms with van der Waals surface area (Å²) in [5.41, 5.74) is 8.56. The first-order chi connectivity index (χ1) is 15.6. The van der Waals surface area contributed by atoms with Gasteiger partial charge < -0.3 is 26.4 Å². The standard InChI is InChI=1S/C20H23N9O3/c1-2-32-7-6-22-19-28-18(24-14-5-3-4-12(8-14)10-21)26-16-13(11-23-29(16)19)9-15-17(30)27-20(31)25-15/h3-5,8-9,11H,2,6-7,10,21H2,1H3,(H2,22,24,26,28)(H2,25,27,30,31)/b15-9-. The van der Waals surface area contributed by atoms with Crippen molar-refractivity contribution in [2.75, 3.05) is 30.4 Å². The van der Waals surface area contributed by atoms with Gasteiger partial charge in [0.2, 0.25) is 11.9 Å². The molecule has 3 heterocycles. The van der Waals surface area contributed by atoms with Crippen molar-refractivity contribution < 1.29 is 14.3 Å². The van der Waals surface area contributed by atoms with Crippen molar-refractivity contribution in [1.82, 2.24) is 30.2 Å². The van der Waals surface area contributed by atoms with Gasteiger partial charge in [0.1, 0.15) is 5.70 Å². The van der Waals surface area contributed by atoms with Crippen LogP contribution >= 0.6 is 0 Å². The number of carbonyl (C=O) groups excluding carboxylic acids is 2. The molecule has 1 aliphatic rings. The van der Waals surface area contributed by atoms with Gasteiger partial charge in [-0.15, -0.1) is 0 Å². The Hall–Kier alpha value is -4.03. The number of hydrogen-bond acceptors (Lipinski definition) is 9. The van der Waals surface area contributed by atoms with Gasteiger partial charge in [-0.2, -0.15) is 19.6 Å². The number of aromatic nitrogens is 4. The quantitative estimate of drug-likeness (QED) is 0.186. The Kier molecular flexibility index (Phi) is 6.24. The molecular weight excluding hydrogens is 414 g/mol. The molecule has 1 aliphatic heterocycles. The molecule has 6 N–H and O–H groups in total. The van der Waals surface area contributed by atoms with Crippen LogP contribution in [0.3, 0.4) is 0 Å². The maximum Gasteiger partial charge on any atom is 0.326 e. The molecule has 0 radical (unpaired) electrons. The van der Waals surface area contributed by atoms with E-state index in [0.717, 1.165) is 11.3 Å². The van der Waals surface area contributed by atoms with E-state index in [1.54, 1.807) is 6.20 Å². The third-order valence-electron chi connectivity index (χ3n) is 4.57. The number of ether oxygens (including phenoxy) is 1. The van der Waals surface area contributed by atoms with Crippen molar-refractivity contribution in [2.45, 2.75) is 13.5 Å². The fourth-order valence-electron chi connectivity index (χ4n) is 3.09. The van der Waals surface area contributed by atoms with Gasteiger partial charge >= 0.3 is 6.03 Å². The number of imide groups is 1. The summed E-state index contributed by atoms with van der Waals surface area (Å²) in [6.45, 7) is 3.95. The Morgan fingerprint density at radius 2 is 2.12 bits per heavy atom. The van der Waals surface area contributed by atoms with E-state index in [9.17, 15) is 9.59 Å². The van der Waals surface area contributed by atoms with Crippen LogP contribution in [0.4, 0.5) is 22.4 Å². The van der Waals surface area contributed by atoms with Crippen LogP contribution in [0.25, 0.3) is 11.7 Å². The van der Waals surface area contributed by atoms with Gasteiger partial charge in [0.05, 0.1) is 12.8 Å². The Morgan fingerprint density at radius 1 is 1.25 bits per heavy atom. The van der Waals surface area contributed by atoms with Crippen molar-refractivity contribution in [3.05, 3.63) is 47.3 Å². The van der Waals surface area contributed by atoms with Crippen LogP contribution in [-0.4, -0.2) is 51.3 Å². The van der Waals surface area contributed by atoms with Gasteiger partial charge in [-0.25, -0.2) is 4.79 Å². The highest BCUT2D eigenvalue weighted by atomic mass is 16.5. The number of nitrogens with zero attached hydrogens (tertiary/aromatic N) is 4. The van der Waals surface area contributed by atoms with Crippen LogP contribution in [0.2, 0.25) is 0 Å². The maximum atomic E-state index is 11.9. The summed E-state index contributed by atoms with van der Waals surface area (Å²) in [4.78, 5) is 32.4. The van der Waals surface area contributed by atoms with Crippen molar-refractivity contribution in [1.29, 1.82) is 0 Å². The van der Waals surface area contributed by atoms with E-state index in [-0.39, 0.29) is 5.70 Å². The first-order valence-corrected chi connectivity index (χ1v) is 10.0. The number of benzene rings is 1. The number of fused-ring (bicyclic) bond motifs is 1. The molecule has 12 heteroatoms. The highest BCUT2D eigenvalue weighted by Crippen LogP contribution is 2.21. The van der Waals surface area contributed by atoms with Gasteiger partial charge in [0.25, 0.3) is 5.91 Å². The molecule has 3 amide bonds. The van der Waals surface area contributed by atoms with Crippen LogP contribution < -0.4 is 27.0 Å². The van der Waals surface area contributed by atoms with Crippen LogP contribution in [0.15, 0.2) is 36.2 Å². The summed E-state index contributed by atoms with van der Waals surface area (Å²) in [6, 6.07) is 7.03. The van der Waals surface area contributed by atoms with Crippen LogP contribution in [0.1, 0.15) is 18.1 Å². The minimum absolute atomic E-state index is 0.111. The first-order valence-electron chi connectivity index (χ1n) is 10.0. The molecule has 32 heavy (non-hydrogen) atoms. The zero-order chi connectivity index (χ0) is 22.5. The predicted molar refractivity (Wildman–Crippen MR) is 118 cm³/mol. The lowest BCUT2D eigenvalue weighted by atomic mass is 10.2. The number of rotatable bonds is 9. The average molecular weight is 437 g/mol. The molecule has 3 aromatic rings. The summed E-state index contributed by atoms with van der Waals surface area (Å²) in [5, 5.41) is 15.3. The fraction of sp³-hybridized carbons (Fsp3) is 0.250. The minimum atomic E-state index is -0.576. The van der Waals surface area contributed by atoms with E-state index in [0.29, 0.717) is 49.4 Å². The molecule has 0 aliphatic carbocycles. The molecule has 2 aromatic heterocycles. The van der Waals surface area contributed by atoms with Gasteiger partial charge in [0.15, 0.2) is 5.65 Å². The number of nitrogens with one attached hydrogen (secondary N) is 4. The lowest BCUT2D eigenvalue weighted by Gasteiger charge is -2.11. The molecule has 0 spiro atoms. The Labute approximate surface area is 183 Å². The van der Waals surface area contributed by atoms with E-state index in [1.165, 1.54) is 10.6 Å². The van der Waals surface area contributed by atoms with Crippen LogP contribution in [0, 0.1) is 0 Å². The summed E-state index contributed by atoms with van der Waals surface area (Å²) in [6.07, 6.45) is 3.06. The molecule has 12 nitrogen and oxygen atoms in total. The molecule has 4 rings (SSSR count). The second-order valence-corrected chi connectivity index (χ2v) is 6.83. The first kappa shape index (κ1) is 21.2. The zero-order valence-electron chi connectivity index (χ0n) is 17.4. The van der Waals surface area contributed by atoms with E-state index in [4.69, 9.17) is 10.5 Å². The Bertz CT molecular complexity index is 1190. The predicted octanol–water partition coefficient (Wildman–Crippen LogP) is 0.955. The molecular formula is C20H23N9O3. The molecule has 0 bridgehead atoms. The van der Waals surface area contributed by atoms with E-state index < -0.39 is 11.9 Å². The van der Waals surface area contributed by atoms with Crippen molar-refractivity contribution in [3.63, 3.8) is 0 Å². The molecule has 1 saturated heterocycles. The minimum Gasteiger partial charge on any atom is -0.380 e.